The van der Waals surface area contributed by atoms with E-state index in [1.165, 1.54) is 12.3 Å². The fourth-order valence-corrected chi connectivity index (χ4v) is 2.60. The summed E-state index contributed by atoms with van der Waals surface area (Å²) in [4.78, 5) is 8.38. The minimum absolute atomic E-state index is 0.0226. The Morgan fingerprint density at radius 1 is 1.22 bits per heavy atom. The predicted molar refractivity (Wildman–Crippen MR) is 99.5 cm³/mol. The molecule has 0 saturated heterocycles. The van der Waals surface area contributed by atoms with Crippen LogP contribution in [0.4, 0.5) is 21.8 Å². The second-order valence-corrected chi connectivity index (χ2v) is 6.04. The standard InChI is InChI=1S/C17H18ClFN6O2/c18-13-8-20-17(22-11-7-21-25(9-11)5-6-26)24-16(13)23-15(10-27)12-3-1-2-4-14(12)19/h1-4,7-9,15,26-27H,5-6,10H2,(H2,20,22,23,24)/t15-/m1/s1. The molecule has 8 nitrogen and oxygen atoms in total. The minimum atomic E-state index is -0.723. The van der Waals surface area contributed by atoms with Crippen LogP contribution in [0.1, 0.15) is 11.6 Å². The van der Waals surface area contributed by atoms with Gasteiger partial charge < -0.3 is 20.8 Å². The van der Waals surface area contributed by atoms with E-state index in [4.69, 9.17) is 16.7 Å². The van der Waals surface area contributed by atoms with Gasteiger partial charge in [-0.3, -0.25) is 4.68 Å². The average molecular weight is 393 g/mol. The topological polar surface area (TPSA) is 108 Å². The molecule has 2 aromatic heterocycles. The quantitative estimate of drug-likeness (QED) is 0.466. The van der Waals surface area contributed by atoms with Gasteiger partial charge in [-0.05, 0) is 6.07 Å². The lowest BCUT2D eigenvalue weighted by Crippen LogP contribution is -2.17. The zero-order valence-electron chi connectivity index (χ0n) is 14.2. The Kier molecular flexibility index (Phi) is 6.17. The average Bonchev–Trinajstić information content (AvgIpc) is 3.10. The second-order valence-electron chi connectivity index (χ2n) is 5.63. The van der Waals surface area contributed by atoms with Crippen molar-refractivity contribution in [3.05, 3.63) is 59.3 Å². The number of rotatable bonds is 8. The Morgan fingerprint density at radius 2 is 2.04 bits per heavy atom. The summed E-state index contributed by atoms with van der Waals surface area (Å²) in [5.41, 5.74) is 0.930. The fourth-order valence-electron chi connectivity index (χ4n) is 2.46. The van der Waals surface area contributed by atoms with Crippen LogP contribution in [0.15, 0.2) is 42.9 Å². The molecule has 0 radical (unpaired) electrons. The molecule has 27 heavy (non-hydrogen) atoms. The number of benzene rings is 1. The molecule has 0 spiro atoms. The summed E-state index contributed by atoms with van der Waals surface area (Å²) in [6.07, 6.45) is 4.65. The molecule has 0 bridgehead atoms. The van der Waals surface area contributed by atoms with Crippen molar-refractivity contribution < 1.29 is 14.6 Å². The SMILES string of the molecule is OCCn1cc(Nc2ncc(Cl)c(N[C@H](CO)c3ccccc3F)n2)cn1. The van der Waals surface area contributed by atoms with Gasteiger partial charge in [-0.2, -0.15) is 10.1 Å². The summed E-state index contributed by atoms with van der Waals surface area (Å²) in [7, 11) is 0. The van der Waals surface area contributed by atoms with E-state index in [0.29, 0.717) is 17.8 Å². The number of nitrogens with one attached hydrogen (secondary N) is 2. The summed E-state index contributed by atoms with van der Waals surface area (Å²) in [6.45, 7) is -0.0000353. The van der Waals surface area contributed by atoms with Gasteiger partial charge in [0.05, 0.1) is 43.9 Å². The molecule has 0 aliphatic rings. The maximum Gasteiger partial charge on any atom is 0.229 e. The Labute approximate surface area is 159 Å². The van der Waals surface area contributed by atoms with E-state index in [2.05, 4.69) is 25.7 Å². The summed E-state index contributed by atoms with van der Waals surface area (Å²) in [6, 6.07) is 5.43. The monoisotopic (exact) mass is 392 g/mol. The molecule has 0 amide bonds. The molecular formula is C17H18ClFN6O2. The molecule has 3 rings (SSSR count). The molecule has 0 aliphatic carbocycles. The first-order valence-corrected chi connectivity index (χ1v) is 8.53. The molecule has 0 saturated carbocycles. The maximum atomic E-state index is 14.0. The lowest BCUT2D eigenvalue weighted by Gasteiger charge is -2.19. The van der Waals surface area contributed by atoms with Crippen LogP contribution in [0.25, 0.3) is 0 Å². The number of nitrogens with zero attached hydrogens (tertiary/aromatic N) is 4. The molecule has 0 unspecified atom stereocenters. The second kappa shape index (κ2) is 8.76. The zero-order chi connectivity index (χ0) is 19.2. The smallest absolute Gasteiger partial charge is 0.229 e. The lowest BCUT2D eigenvalue weighted by atomic mass is 10.1. The first kappa shape index (κ1) is 19.0. The van der Waals surface area contributed by atoms with Crippen molar-refractivity contribution in [1.82, 2.24) is 19.7 Å². The number of aliphatic hydroxyl groups excluding tert-OH is 2. The van der Waals surface area contributed by atoms with E-state index in [1.807, 2.05) is 0 Å². The van der Waals surface area contributed by atoms with Gasteiger partial charge in [0, 0.05) is 11.8 Å². The fraction of sp³-hybridized carbons (Fsp3) is 0.235. The summed E-state index contributed by atoms with van der Waals surface area (Å²) >= 11 is 6.14. The van der Waals surface area contributed by atoms with Crippen molar-refractivity contribution in [3.8, 4) is 0 Å². The van der Waals surface area contributed by atoms with Crippen molar-refractivity contribution >= 4 is 29.1 Å². The van der Waals surface area contributed by atoms with E-state index in [-0.39, 0.29) is 30.0 Å². The molecule has 2 heterocycles. The minimum Gasteiger partial charge on any atom is -0.394 e. The lowest BCUT2D eigenvalue weighted by molar-refractivity contribution is 0.269. The van der Waals surface area contributed by atoms with E-state index in [0.717, 1.165) is 0 Å². The van der Waals surface area contributed by atoms with E-state index in [9.17, 15) is 9.50 Å². The highest BCUT2D eigenvalue weighted by molar-refractivity contribution is 6.32. The molecule has 142 valence electrons. The van der Waals surface area contributed by atoms with Crippen molar-refractivity contribution in [3.63, 3.8) is 0 Å². The van der Waals surface area contributed by atoms with Crippen molar-refractivity contribution in [2.24, 2.45) is 0 Å². The highest BCUT2D eigenvalue weighted by atomic mass is 35.5. The van der Waals surface area contributed by atoms with Gasteiger partial charge in [0.2, 0.25) is 5.95 Å². The number of halogens is 2. The van der Waals surface area contributed by atoms with Crippen molar-refractivity contribution in [2.45, 2.75) is 12.6 Å². The molecule has 1 atom stereocenters. The van der Waals surface area contributed by atoms with Gasteiger partial charge in [-0.1, -0.05) is 29.8 Å². The van der Waals surface area contributed by atoms with Crippen LogP contribution in [0.5, 0.6) is 0 Å². The van der Waals surface area contributed by atoms with Gasteiger partial charge in [-0.25, -0.2) is 9.37 Å². The normalized spacial score (nSPS) is 12.0. The third-order valence-corrected chi connectivity index (χ3v) is 4.01. The molecular weight excluding hydrogens is 375 g/mol. The summed E-state index contributed by atoms with van der Waals surface area (Å²) in [5, 5.41) is 28.8. The van der Waals surface area contributed by atoms with Crippen LogP contribution in [0.2, 0.25) is 5.02 Å². The molecule has 0 fully saturated rings. The van der Waals surface area contributed by atoms with E-state index >= 15 is 0 Å². The molecule has 1 aromatic carbocycles. The summed E-state index contributed by atoms with van der Waals surface area (Å²) in [5.74, 6) is 0.0544. The maximum absolute atomic E-state index is 14.0. The van der Waals surface area contributed by atoms with Crippen LogP contribution in [-0.4, -0.2) is 43.2 Å². The largest absolute Gasteiger partial charge is 0.394 e. The summed E-state index contributed by atoms with van der Waals surface area (Å²) < 4.78 is 15.6. The Balaban J connectivity index is 1.79. The first-order valence-electron chi connectivity index (χ1n) is 8.15. The number of aromatic nitrogens is 4. The van der Waals surface area contributed by atoms with Gasteiger partial charge in [0.25, 0.3) is 0 Å². The van der Waals surface area contributed by atoms with E-state index < -0.39 is 11.9 Å². The molecule has 10 heteroatoms. The number of aliphatic hydroxyl groups is 2. The van der Waals surface area contributed by atoms with Crippen LogP contribution >= 0.6 is 11.6 Å². The Bertz CT molecular complexity index is 907. The van der Waals surface area contributed by atoms with E-state index in [1.54, 1.807) is 35.3 Å². The Hall–Kier alpha value is -2.75. The van der Waals surface area contributed by atoms with Crippen LogP contribution in [0, 0.1) is 5.82 Å². The third kappa shape index (κ3) is 4.70. The molecule has 0 aliphatic heterocycles. The van der Waals surface area contributed by atoms with Gasteiger partial charge >= 0.3 is 0 Å². The van der Waals surface area contributed by atoms with Crippen LogP contribution in [0.3, 0.4) is 0 Å². The molecule has 3 aromatic rings. The van der Waals surface area contributed by atoms with Crippen LogP contribution in [-0.2, 0) is 6.54 Å². The number of hydrogen-bond donors (Lipinski definition) is 4. The van der Waals surface area contributed by atoms with Crippen molar-refractivity contribution in [1.29, 1.82) is 0 Å². The Morgan fingerprint density at radius 3 is 2.78 bits per heavy atom. The van der Waals surface area contributed by atoms with Gasteiger partial charge in [0.1, 0.15) is 10.8 Å². The number of hydrogen-bond acceptors (Lipinski definition) is 7. The first-order chi connectivity index (χ1) is 13.1. The molecule has 4 N–H and O–H groups in total. The van der Waals surface area contributed by atoms with Gasteiger partial charge in [-0.15, -0.1) is 0 Å². The van der Waals surface area contributed by atoms with Gasteiger partial charge in [0.15, 0.2) is 5.82 Å². The third-order valence-electron chi connectivity index (χ3n) is 3.74. The zero-order valence-corrected chi connectivity index (χ0v) is 14.9. The highest BCUT2D eigenvalue weighted by Crippen LogP contribution is 2.26. The van der Waals surface area contributed by atoms with Crippen LogP contribution < -0.4 is 10.6 Å². The predicted octanol–water partition coefficient (Wildman–Crippen LogP) is 2.35. The highest BCUT2D eigenvalue weighted by Gasteiger charge is 2.17. The number of anilines is 3. The van der Waals surface area contributed by atoms with Crippen molar-refractivity contribution in [2.75, 3.05) is 23.8 Å².